The normalized spacial score (nSPS) is 11.1. The van der Waals surface area contributed by atoms with Crippen molar-refractivity contribution in [2.75, 3.05) is 37.8 Å². The second-order valence-corrected chi connectivity index (χ2v) is 7.50. The molecule has 0 spiro atoms. The molecule has 0 unspecified atom stereocenters. The molecule has 0 bridgehead atoms. The van der Waals surface area contributed by atoms with E-state index in [0.717, 1.165) is 35.1 Å². The van der Waals surface area contributed by atoms with Crippen molar-refractivity contribution < 1.29 is 4.79 Å². The molecule has 0 fully saturated rings. The quantitative estimate of drug-likeness (QED) is 0.478. The predicted octanol–water partition coefficient (Wildman–Crippen LogP) is 2.65. The van der Waals surface area contributed by atoms with E-state index in [1.807, 2.05) is 39.5 Å². The summed E-state index contributed by atoms with van der Waals surface area (Å²) in [6.07, 6.45) is 8.76. The number of nitrogens with one attached hydrogen (secondary N) is 2. The van der Waals surface area contributed by atoms with Gasteiger partial charge in [0.15, 0.2) is 0 Å². The van der Waals surface area contributed by atoms with Crippen molar-refractivity contribution in [3.05, 3.63) is 60.8 Å². The summed E-state index contributed by atoms with van der Waals surface area (Å²) in [5.74, 6) is 0.888. The van der Waals surface area contributed by atoms with E-state index in [1.54, 1.807) is 41.6 Å². The molecule has 2 N–H and O–H groups in total. The highest BCUT2D eigenvalue weighted by atomic mass is 16.1. The Balaban J connectivity index is 1.50. The van der Waals surface area contributed by atoms with E-state index in [2.05, 4.69) is 35.6 Å². The Morgan fingerprint density at radius 3 is 2.65 bits per heavy atom. The topological polar surface area (TPSA) is 101 Å². The molecule has 0 aliphatic carbocycles. The molecular formula is C22H24N8O. The molecular weight excluding hydrogens is 392 g/mol. The summed E-state index contributed by atoms with van der Waals surface area (Å²) in [4.78, 5) is 27.9. The Labute approximate surface area is 180 Å². The summed E-state index contributed by atoms with van der Waals surface area (Å²) in [6, 6.07) is 7.21. The molecule has 0 saturated carbocycles. The van der Waals surface area contributed by atoms with Crippen LogP contribution in [0.4, 0.5) is 11.6 Å². The van der Waals surface area contributed by atoms with Gasteiger partial charge < -0.3 is 15.5 Å². The molecule has 0 atom stereocenters. The number of hydrogen-bond acceptors (Lipinski definition) is 7. The summed E-state index contributed by atoms with van der Waals surface area (Å²) in [6.45, 7) is 1.61. The average Bonchev–Trinajstić information content (AvgIpc) is 3.19. The third kappa shape index (κ3) is 5.01. The molecule has 0 aliphatic rings. The fraction of sp³-hybridized carbons (Fsp3) is 0.227. The van der Waals surface area contributed by atoms with E-state index in [-0.39, 0.29) is 5.91 Å². The van der Waals surface area contributed by atoms with Gasteiger partial charge in [-0.2, -0.15) is 5.10 Å². The first-order valence-corrected chi connectivity index (χ1v) is 9.89. The number of hydrogen-bond donors (Lipinski definition) is 2. The average molecular weight is 416 g/mol. The minimum atomic E-state index is -0.244. The second kappa shape index (κ2) is 8.88. The van der Waals surface area contributed by atoms with Crippen molar-refractivity contribution in [1.29, 1.82) is 0 Å². The number of amides is 1. The van der Waals surface area contributed by atoms with E-state index in [1.165, 1.54) is 0 Å². The molecule has 0 aliphatic heterocycles. The molecule has 4 aromatic heterocycles. The maximum Gasteiger partial charge on any atom is 0.257 e. The summed E-state index contributed by atoms with van der Waals surface area (Å²) in [7, 11) is 5.88. The lowest BCUT2D eigenvalue weighted by Crippen LogP contribution is -2.21. The summed E-state index contributed by atoms with van der Waals surface area (Å²) in [5.41, 5.74) is 2.25. The zero-order valence-electron chi connectivity index (χ0n) is 17.7. The minimum absolute atomic E-state index is 0.244. The van der Waals surface area contributed by atoms with Crippen LogP contribution in [0.5, 0.6) is 0 Å². The third-order valence-electron chi connectivity index (χ3n) is 4.73. The highest BCUT2D eigenvalue weighted by Gasteiger charge is 2.10. The Kier molecular flexibility index (Phi) is 5.85. The van der Waals surface area contributed by atoms with Gasteiger partial charge in [0.2, 0.25) is 0 Å². The van der Waals surface area contributed by atoms with Gasteiger partial charge >= 0.3 is 0 Å². The van der Waals surface area contributed by atoms with Crippen LogP contribution in [0, 0.1) is 0 Å². The Morgan fingerprint density at radius 1 is 1.03 bits per heavy atom. The highest BCUT2D eigenvalue weighted by Crippen LogP contribution is 2.23. The van der Waals surface area contributed by atoms with Gasteiger partial charge in [0.05, 0.1) is 11.9 Å². The fourth-order valence-electron chi connectivity index (χ4n) is 3.08. The Morgan fingerprint density at radius 2 is 1.87 bits per heavy atom. The first kappa shape index (κ1) is 20.4. The number of rotatable bonds is 7. The van der Waals surface area contributed by atoms with E-state index in [9.17, 15) is 4.79 Å². The summed E-state index contributed by atoms with van der Waals surface area (Å²) in [5, 5.41) is 12.1. The van der Waals surface area contributed by atoms with Gasteiger partial charge in [-0.15, -0.1) is 0 Å². The minimum Gasteiger partial charge on any atom is -0.369 e. The summed E-state index contributed by atoms with van der Waals surface area (Å²) >= 11 is 0. The van der Waals surface area contributed by atoms with Gasteiger partial charge in [-0.1, -0.05) is 0 Å². The number of carbonyl (C=O) groups is 1. The molecule has 4 aromatic rings. The van der Waals surface area contributed by atoms with Crippen molar-refractivity contribution in [2.24, 2.45) is 7.05 Å². The van der Waals surface area contributed by atoms with Crippen LogP contribution in [0.15, 0.2) is 55.2 Å². The molecule has 158 valence electrons. The van der Waals surface area contributed by atoms with Crippen LogP contribution < -0.4 is 10.6 Å². The lowest BCUT2D eigenvalue weighted by Gasteiger charge is -2.11. The van der Waals surface area contributed by atoms with E-state index < -0.39 is 0 Å². The van der Waals surface area contributed by atoms with Crippen LogP contribution in [0.3, 0.4) is 0 Å². The molecule has 31 heavy (non-hydrogen) atoms. The number of carbonyl (C=O) groups excluding carboxylic acids is 1. The van der Waals surface area contributed by atoms with Crippen molar-refractivity contribution in [3.63, 3.8) is 0 Å². The highest BCUT2D eigenvalue weighted by molar-refractivity contribution is 6.04. The number of fused-ring (bicyclic) bond motifs is 1. The molecule has 0 aromatic carbocycles. The monoisotopic (exact) mass is 416 g/mol. The SMILES string of the molecule is CN(C)CCNc1cc(C(=O)Nc2cc3cc(-c4cnn(C)c4)ncc3cn2)ccn1. The van der Waals surface area contributed by atoms with Crippen molar-refractivity contribution >= 4 is 28.3 Å². The van der Waals surface area contributed by atoms with Crippen LogP contribution in [0.25, 0.3) is 22.0 Å². The van der Waals surface area contributed by atoms with E-state index in [0.29, 0.717) is 17.2 Å². The molecule has 0 radical (unpaired) electrons. The fourth-order valence-corrected chi connectivity index (χ4v) is 3.08. The first-order valence-electron chi connectivity index (χ1n) is 9.89. The lowest BCUT2D eigenvalue weighted by molar-refractivity contribution is 0.102. The number of aryl methyl sites for hydroxylation is 1. The number of likely N-dealkylation sites (N-methyl/N-ethyl adjacent to an activating group) is 1. The molecule has 9 nitrogen and oxygen atoms in total. The first-order chi connectivity index (χ1) is 15.0. The molecule has 0 saturated heterocycles. The third-order valence-corrected chi connectivity index (χ3v) is 4.73. The van der Waals surface area contributed by atoms with Crippen molar-refractivity contribution in [3.8, 4) is 11.3 Å². The number of aromatic nitrogens is 5. The summed E-state index contributed by atoms with van der Waals surface area (Å²) < 4.78 is 1.73. The van der Waals surface area contributed by atoms with Crippen LogP contribution in [-0.2, 0) is 7.05 Å². The Hall–Kier alpha value is -3.85. The van der Waals surface area contributed by atoms with Gasteiger partial charge in [-0.25, -0.2) is 9.97 Å². The number of pyridine rings is 3. The molecule has 4 heterocycles. The van der Waals surface area contributed by atoms with Crippen LogP contribution in [0.2, 0.25) is 0 Å². The van der Waals surface area contributed by atoms with Gasteiger partial charge in [0.25, 0.3) is 5.91 Å². The maximum absolute atomic E-state index is 12.7. The molecule has 9 heteroatoms. The zero-order valence-corrected chi connectivity index (χ0v) is 17.7. The van der Waals surface area contributed by atoms with Gasteiger partial charge in [0.1, 0.15) is 11.6 Å². The Bertz CT molecular complexity index is 1220. The number of nitrogens with zero attached hydrogens (tertiary/aromatic N) is 6. The maximum atomic E-state index is 12.7. The largest absolute Gasteiger partial charge is 0.369 e. The molecule has 1 amide bonds. The van der Waals surface area contributed by atoms with Gasteiger partial charge in [-0.3, -0.25) is 14.5 Å². The number of anilines is 2. The zero-order chi connectivity index (χ0) is 21.8. The standard InChI is InChI=1S/C22H24N8O/c1-29(2)7-6-24-20-9-15(4-5-23-20)22(31)28-21-10-16-8-19(18-13-27-30(3)14-18)25-11-17(16)12-26-21/h4-5,8-14H,6-7H2,1-3H3,(H,23,24)(H,26,28,31). The van der Waals surface area contributed by atoms with E-state index in [4.69, 9.17) is 0 Å². The van der Waals surface area contributed by atoms with Crippen molar-refractivity contribution in [1.82, 2.24) is 29.6 Å². The smallest absolute Gasteiger partial charge is 0.257 e. The second-order valence-electron chi connectivity index (χ2n) is 7.50. The van der Waals surface area contributed by atoms with Crippen LogP contribution >= 0.6 is 0 Å². The van der Waals surface area contributed by atoms with Gasteiger partial charge in [-0.05, 0) is 43.7 Å². The van der Waals surface area contributed by atoms with Gasteiger partial charge in [0, 0.05) is 61.4 Å². The van der Waals surface area contributed by atoms with Crippen molar-refractivity contribution in [2.45, 2.75) is 0 Å². The van der Waals surface area contributed by atoms with Crippen LogP contribution in [0.1, 0.15) is 10.4 Å². The van der Waals surface area contributed by atoms with E-state index >= 15 is 0 Å². The van der Waals surface area contributed by atoms with Crippen LogP contribution in [-0.4, -0.2) is 62.7 Å². The lowest BCUT2D eigenvalue weighted by atomic mass is 10.1. The molecule has 4 rings (SSSR count). The predicted molar refractivity (Wildman–Crippen MR) is 121 cm³/mol.